The van der Waals surface area contributed by atoms with E-state index in [1.165, 1.54) is 0 Å². The highest BCUT2D eigenvalue weighted by molar-refractivity contribution is 7.98. The topological polar surface area (TPSA) is 80.4 Å². The van der Waals surface area contributed by atoms with E-state index in [0.29, 0.717) is 17.4 Å². The molecular weight excluding hydrogens is 324 g/mol. The van der Waals surface area contributed by atoms with Crippen molar-refractivity contribution in [2.75, 3.05) is 25.4 Å². The van der Waals surface area contributed by atoms with Crippen LogP contribution in [0.2, 0.25) is 5.02 Å². The lowest BCUT2D eigenvalue weighted by molar-refractivity contribution is -0.463. The smallest absolute Gasteiger partial charge is 0.259 e. The zero-order valence-electron chi connectivity index (χ0n) is 12.0. The summed E-state index contributed by atoms with van der Waals surface area (Å²) in [7, 11) is 0. The van der Waals surface area contributed by atoms with Crippen LogP contribution in [0, 0.1) is 22.5 Å². The zero-order valence-corrected chi connectivity index (χ0v) is 13.6. The van der Waals surface area contributed by atoms with E-state index in [9.17, 15) is 10.1 Å². The van der Waals surface area contributed by atoms with Crippen LogP contribution in [0.5, 0.6) is 0 Å². The number of rotatable bonds is 9. The van der Waals surface area contributed by atoms with E-state index in [1.807, 2.05) is 6.07 Å². The summed E-state index contributed by atoms with van der Waals surface area (Å²) in [5.74, 6) is 4.30. The maximum absolute atomic E-state index is 10.5. The van der Waals surface area contributed by atoms with Crippen LogP contribution in [0.1, 0.15) is 12.1 Å². The number of hydrogen-bond donors (Lipinski definition) is 1. The molecule has 0 aromatic carbocycles. The van der Waals surface area contributed by atoms with Crippen molar-refractivity contribution in [1.29, 1.82) is 0 Å². The van der Waals surface area contributed by atoms with Gasteiger partial charge in [0, 0.05) is 23.4 Å². The average molecular weight is 341 g/mol. The number of thioether (sulfide) groups is 1. The lowest BCUT2D eigenvalue weighted by atomic mass is 10.4. The number of nitrogens with zero attached hydrogens (tertiary/aromatic N) is 3. The average Bonchev–Trinajstić information content (AvgIpc) is 2.49. The van der Waals surface area contributed by atoms with Crippen molar-refractivity contribution in [2.24, 2.45) is 4.99 Å². The van der Waals surface area contributed by atoms with Crippen molar-refractivity contribution in [3.8, 4) is 12.3 Å². The first-order chi connectivity index (χ1) is 10.6. The van der Waals surface area contributed by atoms with Gasteiger partial charge in [-0.2, -0.15) is 11.8 Å². The monoisotopic (exact) mass is 340 g/mol. The van der Waals surface area contributed by atoms with Gasteiger partial charge in [-0.05, 0) is 24.3 Å². The van der Waals surface area contributed by atoms with Gasteiger partial charge in [0.25, 0.3) is 6.54 Å². The molecule has 0 amide bonds. The van der Waals surface area contributed by atoms with Gasteiger partial charge >= 0.3 is 0 Å². The number of aliphatic imine (C=N–C) groups is 1. The van der Waals surface area contributed by atoms with Crippen LogP contribution >= 0.6 is 23.4 Å². The molecule has 0 saturated carbocycles. The molecule has 1 aromatic heterocycles. The van der Waals surface area contributed by atoms with Gasteiger partial charge in [-0.1, -0.05) is 17.5 Å². The summed E-state index contributed by atoms with van der Waals surface area (Å²) < 4.78 is 0. The van der Waals surface area contributed by atoms with Crippen molar-refractivity contribution in [3.63, 3.8) is 0 Å². The molecular formula is C14H17ClN4O2S. The lowest BCUT2D eigenvalue weighted by Crippen LogP contribution is -2.30. The summed E-state index contributed by atoms with van der Waals surface area (Å²) in [6.45, 7) is 0.418. The molecule has 6 nitrogen and oxygen atoms in total. The summed E-state index contributed by atoms with van der Waals surface area (Å²) in [5, 5.41) is 13.9. The van der Waals surface area contributed by atoms with E-state index in [4.69, 9.17) is 18.0 Å². The highest BCUT2D eigenvalue weighted by Crippen LogP contribution is 2.18. The molecule has 0 bridgehead atoms. The molecule has 118 valence electrons. The first-order valence-corrected chi connectivity index (χ1v) is 8.16. The molecule has 0 radical (unpaired) electrons. The fourth-order valence-electron chi connectivity index (χ4n) is 1.51. The minimum Gasteiger partial charge on any atom is -0.357 e. The number of amidine groups is 1. The van der Waals surface area contributed by atoms with E-state index in [1.54, 1.807) is 24.0 Å². The van der Waals surface area contributed by atoms with E-state index in [2.05, 4.69) is 21.2 Å². The van der Waals surface area contributed by atoms with E-state index in [0.717, 1.165) is 23.6 Å². The Morgan fingerprint density at radius 2 is 2.45 bits per heavy atom. The van der Waals surface area contributed by atoms with Gasteiger partial charge in [-0.25, -0.2) is 0 Å². The molecule has 0 spiro atoms. The predicted octanol–water partition coefficient (Wildman–Crippen LogP) is 2.26. The molecule has 1 N–H and O–H groups in total. The molecule has 0 unspecified atom stereocenters. The quantitative estimate of drug-likeness (QED) is 0.186. The number of nitro groups is 1. The Bertz CT molecular complexity index is 560. The molecule has 0 aliphatic heterocycles. The number of hydrogen-bond acceptors (Lipinski definition) is 5. The standard InChI is InChI=1S/C14H17ClN4O2S/c1-2-6-17-14(10-19(20)21)18-8-4-9-22-11-13-12(15)5-3-7-16-13/h1,3,5,7H,4,6,8-11H2,(H,17,18). The minimum absolute atomic E-state index is 0.236. The molecule has 0 aliphatic rings. The number of pyridine rings is 1. The summed E-state index contributed by atoms with van der Waals surface area (Å²) in [6, 6.07) is 3.61. The summed E-state index contributed by atoms with van der Waals surface area (Å²) in [6.07, 6.45) is 7.64. The molecule has 0 saturated heterocycles. The van der Waals surface area contributed by atoms with Crippen LogP contribution in [0.15, 0.2) is 23.3 Å². The Balaban J connectivity index is 2.27. The molecule has 0 atom stereocenters. The minimum atomic E-state index is -0.430. The zero-order chi connectivity index (χ0) is 16.2. The lowest BCUT2D eigenvalue weighted by Gasteiger charge is -2.04. The SMILES string of the molecule is C#CCNC(C[N+](=O)[O-])=NCCCSCc1ncccc1Cl. The third-order valence-corrected chi connectivity index (χ3v) is 3.90. The predicted molar refractivity (Wildman–Crippen MR) is 91.0 cm³/mol. The van der Waals surface area contributed by atoms with Gasteiger partial charge in [-0.15, -0.1) is 6.42 Å². The highest BCUT2D eigenvalue weighted by atomic mass is 35.5. The van der Waals surface area contributed by atoms with Crippen LogP contribution < -0.4 is 5.32 Å². The van der Waals surface area contributed by atoms with Gasteiger partial charge in [0.2, 0.25) is 0 Å². The first kappa shape index (κ1) is 18.3. The van der Waals surface area contributed by atoms with Crippen molar-refractivity contribution in [3.05, 3.63) is 39.2 Å². The van der Waals surface area contributed by atoms with Gasteiger partial charge in [-0.3, -0.25) is 20.1 Å². The Morgan fingerprint density at radius 3 is 3.14 bits per heavy atom. The van der Waals surface area contributed by atoms with Crippen LogP contribution in [0.3, 0.4) is 0 Å². The van der Waals surface area contributed by atoms with E-state index < -0.39 is 4.92 Å². The van der Waals surface area contributed by atoms with Crippen molar-refractivity contribution in [1.82, 2.24) is 10.3 Å². The van der Waals surface area contributed by atoms with Crippen LogP contribution in [0.25, 0.3) is 0 Å². The van der Waals surface area contributed by atoms with Gasteiger partial charge < -0.3 is 5.32 Å². The number of terminal acetylenes is 1. The Kier molecular flexibility index (Phi) is 9.03. The fourth-order valence-corrected chi connectivity index (χ4v) is 2.68. The highest BCUT2D eigenvalue weighted by Gasteiger charge is 2.05. The molecule has 0 aliphatic carbocycles. The van der Waals surface area contributed by atoms with Crippen molar-refractivity contribution >= 4 is 29.2 Å². The van der Waals surface area contributed by atoms with Gasteiger partial charge in [0.15, 0.2) is 5.84 Å². The second kappa shape index (κ2) is 10.9. The second-order valence-electron chi connectivity index (χ2n) is 4.21. The largest absolute Gasteiger partial charge is 0.357 e. The second-order valence-corrected chi connectivity index (χ2v) is 5.73. The summed E-state index contributed by atoms with van der Waals surface area (Å²) in [4.78, 5) is 18.5. The fraction of sp³-hybridized carbons (Fsp3) is 0.429. The Hall–Kier alpha value is -1.78. The van der Waals surface area contributed by atoms with E-state index >= 15 is 0 Å². The van der Waals surface area contributed by atoms with Crippen molar-refractivity contribution in [2.45, 2.75) is 12.2 Å². The van der Waals surface area contributed by atoms with Crippen LogP contribution in [-0.2, 0) is 5.75 Å². The van der Waals surface area contributed by atoms with Crippen molar-refractivity contribution < 1.29 is 4.92 Å². The molecule has 1 heterocycles. The maximum Gasteiger partial charge on any atom is 0.259 e. The first-order valence-electron chi connectivity index (χ1n) is 6.63. The maximum atomic E-state index is 10.5. The Morgan fingerprint density at radius 1 is 1.64 bits per heavy atom. The molecule has 0 fully saturated rings. The number of aromatic nitrogens is 1. The third-order valence-electron chi connectivity index (χ3n) is 2.50. The molecule has 1 rings (SSSR count). The number of halogens is 1. The van der Waals surface area contributed by atoms with Crippen LogP contribution in [0.4, 0.5) is 0 Å². The van der Waals surface area contributed by atoms with Gasteiger partial charge in [0.05, 0.1) is 17.3 Å². The molecule has 1 aromatic rings. The van der Waals surface area contributed by atoms with Crippen LogP contribution in [-0.4, -0.2) is 41.1 Å². The third kappa shape index (κ3) is 7.86. The summed E-state index contributed by atoms with van der Waals surface area (Å²) >= 11 is 7.72. The summed E-state index contributed by atoms with van der Waals surface area (Å²) in [5.41, 5.74) is 0.863. The molecule has 22 heavy (non-hydrogen) atoms. The van der Waals surface area contributed by atoms with Gasteiger partial charge in [0.1, 0.15) is 0 Å². The molecule has 8 heteroatoms. The Labute approximate surface area is 138 Å². The normalized spacial score (nSPS) is 11.0. The number of nitrogens with one attached hydrogen (secondary N) is 1. The van der Waals surface area contributed by atoms with E-state index in [-0.39, 0.29) is 13.1 Å².